The van der Waals surface area contributed by atoms with E-state index in [0.29, 0.717) is 28.8 Å². The van der Waals surface area contributed by atoms with Gasteiger partial charge in [0.15, 0.2) is 5.82 Å². The predicted octanol–water partition coefficient (Wildman–Crippen LogP) is 2.55. The summed E-state index contributed by atoms with van der Waals surface area (Å²) in [5.41, 5.74) is -0.0953. The molecule has 0 bridgehead atoms. The molecule has 1 aliphatic carbocycles. The SMILES string of the molecule is COc1ccc(OC)c(C(O)CNC(=O)CCc2nc(C3(NC(C)=O)CCCCCC3)no2)c1. The zero-order valence-electron chi connectivity index (χ0n) is 20.1. The Bertz CT molecular complexity index is 968. The van der Waals surface area contributed by atoms with Crippen LogP contribution in [0, 0.1) is 0 Å². The van der Waals surface area contributed by atoms with Gasteiger partial charge in [0, 0.05) is 31.9 Å². The molecule has 1 fully saturated rings. The van der Waals surface area contributed by atoms with Crippen LogP contribution in [0.15, 0.2) is 22.7 Å². The lowest BCUT2D eigenvalue weighted by molar-refractivity contribution is -0.122. The standard InChI is InChI=1S/C24H34N4O6/c1-16(29)27-24(12-6-4-5-7-13-24)23-26-22(34-28-23)11-10-21(31)25-15-19(30)18-14-17(32-2)8-9-20(18)33-3/h8-9,14,19,30H,4-7,10-13,15H2,1-3H3,(H,25,31)(H,27,29). The van der Waals surface area contributed by atoms with Gasteiger partial charge in [-0.15, -0.1) is 0 Å². The van der Waals surface area contributed by atoms with E-state index in [9.17, 15) is 14.7 Å². The number of hydrogen-bond donors (Lipinski definition) is 3. The molecule has 2 aromatic rings. The van der Waals surface area contributed by atoms with E-state index < -0.39 is 11.6 Å². The molecule has 10 heteroatoms. The van der Waals surface area contributed by atoms with Crippen LogP contribution < -0.4 is 20.1 Å². The Hall–Kier alpha value is -3.14. The number of carbonyl (C=O) groups is 2. The van der Waals surface area contributed by atoms with Crippen LogP contribution in [0.3, 0.4) is 0 Å². The molecule has 1 saturated carbocycles. The molecule has 34 heavy (non-hydrogen) atoms. The number of rotatable bonds is 10. The van der Waals surface area contributed by atoms with E-state index in [4.69, 9.17) is 14.0 Å². The number of nitrogens with zero attached hydrogens (tertiary/aromatic N) is 2. The summed E-state index contributed by atoms with van der Waals surface area (Å²) in [6.45, 7) is 1.51. The summed E-state index contributed by atoms with van der Waals surface area (Å²) < 4.78 is 15.9. The monoisotopic (exact) mass is 474 g/mol. The number of aliphatic hydroxyl groups excluding tert-OH is 1. The molecule has 186 valence electrons. The molecule has 3 rings (SSSR count). The molecule has 3 N–H and O–H groups in total. The van der Waals surface area contributed by atoms with Crippen molar-refractivity contribution in [3.8, 4) is 11.5 Å². The summed E-state index contributed by atoms with van der Waals surface area (Å²) in [7, 11) is 3.05. The molecular formula is C24H34N4O6. The van der Waals surface area contributed by atoms with Gasteiger partial charge >= 0.3 is 0 Å². The van der Waals surface area contributed by atoms with Gasteiger partial charge in [-0.2, -0.15) is 4.98 Å². The molecule has 0 aliphatic heterocycles. The van der Waals surface area contributed by atoms with Crippen molar-refractivity contribution < 1.29 is 28.7 Å². The Morgan fingerprint density at radius 2 is 1.91 bits per heavy atom. The molecule has 1 aromatic heterocycles. The van der Waals surface area contributed by atoms with Gasteiger partial charge in [-0.3, -0.25) is 9.59 Å². The lowest BCUT2D eigenvalue weighted by Crippen LogP contribution is -2.45. The van der Waals surface area contributed by atoms with E-state index in [2.05, 4.69) is 20.8 Å². The summed E-state index contributed by atoms with van der Waals surface area (Å²) >= 11 is 0. The topological polar surface area (TPSA) is 136 Å². The van der Waals surface area contributed by atoms with E-state index >= 15 is 0 Å². The van der Waals surface area contributed by atoms with Crippen molar-refractivity contribution in [1.82, 2.24) is 20.8 Å². The number of aliphatic hydroxyl groups is 1. The average molecular weight is 475 g/mol. The number of aryl methyl sites for hydroxylation is 1. The maximum Gasteiger partial charge on any atom is 0.227 e. The van der Waals surface area contributed by atoms with Gasteiger partial charge in [-0.05, 0) is 31.0 Å². The lowest BCUT2D eigenvalue weighted by Gasteiger charge is -2.30. The van der Waals surface area contributed by atoms with E-state index in [1.54, 1.807) is 18.2 Å². The van der Waals surface area contributed by atoms with Crippen molar-refractivity contribution in [3.05, 3.63) is 35.5 Å². The van der Waals surface area contributed by atoms with Gasteiger partial charge in [0.05, 0.1) is 20.3 Å². The van der Waals surface area contributed by atoms with Crippen LogP contribution in [0.4, 0.5) is 0 Å². The molecule has 0 radical (unpaired) electrons. The summed E-state index contributed by atoms with van der Waals surface area (Å²) in [5, 5.41) is 20.4. The van der Waals surface area contributed by atoms with Crippen LogP contribution in [0.1, 0.15) is 75.3 Å². The summed E-state index contributed by atoms with van der Waals surface area (Å²) in [5.74, 6) is 1.52. The van der Waals surface area contributed by atoms with Crippen LogP contribution in [-0.2, 0) is 21.5 Å². The molecule has 1 heterocycles. The highest BCUT2D eigenvalue weighted by Crippen LogP contribution is 2.34. The fourth-order valence-corrected chi connectivity index (χ4v) is 4.35. The van der Waals surface area contributed by atoms with Crippen LogP contribution in [0.2, 0.25) is 0 Å². The second-order valence-corrected chi connectivity index (χ2v) is 8.62. The van der Waals surface area contributed by atoms with Crippen LogP contribution in [0.5, 0.6) is 11.5 Å². The van der Waals surface area contributed by atoms with E-state index in [1.807, 2.05) is 0 Å². The quantitative estimate of drug-likeness (QED) is 0.447. The predicted molar refractivity (Wildman–Crippen MR) is 123 cm³/mol. The first-order valence-electron chi connectivity index (χ1n) is 11.7. The number of benzene rings is 1. The van der Waals surface area contributed by atoms with Gasteiger partial charge in [-0.25, -0.2) is 0 Å². The van der Waals surface area contributed by atoms with Crippen molar-refractivity contribution in [2.45, 2.75) is 69.9 Å². The highest BCUT2D eigenvalue weighted by atomic mass is 16.5. The Morgan fingerprint density at radius 1 is 1.18 bits per heavy atom. The second kappa shape index (κ2) is 11.8. The molecule has 0 saturated heterocycles. The largest absolute Gasteiger partial charge is 0.497 e. The Balaban J connectivity index is 1.56. The smallest absolute Gasteiger partial charge is 0.227 e. The van der Waals surface area contributed by atoms with E-state index in [0.717, 1.165) is 38.5 Å². The highest BCUT2D eigenvalue weighted by Gasteiger charge is 2.38. The molecule has 1 aromatic carbocycles. The van der Waals surface area contributed by atoms with Gasteiger partial charge in [0.2, 0.25) is 17.7 Å². The van der Waals surface area contributed by atoms with Crippen LogP contribution in [0.25, 0.3) is 0 Å². The third kappa shape index (κ3) is 6.47. The molecule has 2 amide bonds. The van der Waals surface area contributed by atoms with Crippen molar-refractivity contribution in [1.29, 1.82) is 0 Å². The molecule has 0 spiro atoms. The maximum atomic E-state index is 12.4. The minimum Gasteiger partial charge on any atom is -0.497 e. The lowest BCUT2D eigenvalue weighted by atomic mass is 9.89. The summed E-state index contributed by atoms with van der Waals surface area (Å²) in [4.78, 5) is 28.7. The Kier molecular flexibility index (Phi) is 8.86. The first-order chi connectivity index (χ1) is 16.4. The van der Waals surface area contributed by atoms with Crippen molar-refractivity contribution >= 4 is 11.8 Å². The third-order valence-electron chi connectivity index (χ3n) is 6.12. The fraction of sp³-hybridized carbons (Fsp3) is 0.583. The molecule has 1 unspecified atom stereocenters. The molecule has 1 atom stereocenters. The molecular weight excluding hydrogens is 440 g/mol. The summed E-state index contributed by atoms with van der Waals surface area (Å²) in [6.07, 6.45) is 5.12. The van der Waals surface area contributed by atoms with Crippen molar-refractivity contribution in [3.63, 3.8) is 0 Å². The zero-order valence-corrected chi connectivity index (χ0v) is 20.1. The Labute approximate surface area is 199 Å². The number of carbonyl (C=O) groups excluding carboxylic acids is 2. The zero-order chi connectivity index (χ0) is 24.6. The minimum atomic E-state index is -0.961. The van der Waals surface area contributed by atoms with Crippen LogP contribution >= 0.6 is 0 Å². The number of nitrogens with one attached hydrogen (secondary N) is 2. The van der Waals surface area contributed by atoms with Gasteiger partial charge in [-0.1, -0.05) is 30.8 Å². The Morgan fingerprint density at radius 3 is 2.56 bits per heavy atom. The fourth-order valence-electron chi connectivity index (χ4n) is 4.35. The first-order valence-corrected chi connectivity index (χ1v) is 11.7. The normalized spacial score (nSPS) is 16.2. The maximum absolute atomic E-state index is 12.4. The van der Waals surface area contributed by atoms with E-state index in [1.165, 1.54) is 21.1 Å². The van der Waals surface area contributed by atoms with Gasteiger partial charge in [0.25, 0.3) is 0 Å². The van der Waals surface area contributed by atoms with Crippen molar-refractivity contribution in [2.75, 3.05) is 20.8 Å². The minimum absolute atomic E-state index is 0.0170. The number of methoxy groups -OCH3 is 2. The second-order valence-electron chi connectivity index (χ2n) is 8.62. The van der Waals surface area contributed by atoms with Crippen LogP contribution in [-0.4, -0.2) is 47.8 Å². The number of amides is 2. The first kappa shape index (κ1) is 25.5. The summed E-state index contributed by atoms with van der Waals surface area (Å²) in [6, 6.07) is 5.11. The van der Waals surface area contributed by atoms with Crippen molar-refractivity contribution in [2.24, 2.45) is 0 Å². The van der Waals surface area contributed by atoms with E-state index in [-0.39, 0.29) is 31.2 Å². The number of hydrogen-bond acceptors (Lipinski definition) is 8. The molecule has 10 nitrogen and oxygen atoms in total. The molecule has 1 aliphatic rings. The number of ether oxygens (including phenoxy) is 2. The van der Waals surface area contributed by atoms with Gasteiger partial charge in [0.1, 0.15) is 17.0 Å². The number of aromatic nitrogens is 2. The third-order valence-corrected chi connectivity index (χ3v) is 6.12. The average Bonchev–Trinajstić information content (AvgIpc) is 3.20. The van der Waals surface area contributed by atoms with Gasteiger partial charge < -0.3 is 29.7 Å². The highest BCUT2D eigenvalue weighted by molar-refractivity contribution is 5.76.